The molecule has 0 saturated heterocycles. The Labute approximate surface area is 347 Å². The van der Waals surface area contributed by atoms with Crippen molar-refractivity contribution in [2.24, 2.45) is 5.92 Å². The first-order valence-electron chi connectivity index (χ1n) is 20.7. The lowest BCUT2D eigenvalue weighted by Crippen LogP contribution is -2.37. The minimum atomic E-state index is -0.393. The number of carbonyl (C=O) groups excluding carboxylic acids is 4. The van der Waals surface area contributed by atoms with Gasteiger partial charge in [-0.05, 0) is 147 Å². The Kier molecular flexibility index (Phi) is 17.6. The summed E-state index contributed by atoms with van der Waals surface area (Å²) in [6.45, 7) is 12.7. The molecule has 5 rings (SSSR count). The Hall–Kier alpha value is -5.90. The molecule has 0 aromatic heterocycles. The number of fused-ring (bicyclic) bond motifs is 2. The van der Waals surface area contributed by atoms with Gasteiger partial charge in [0.1, 0.15) is 23.7 Å². The van der Waals surface area contributed by atoms with Crippen LogP contribution < -0.4 is 9.47 Å². The van der Waals surface area contributed by atoms with Gasteiger partial charge in [-0.1, -0.05) is 43.5 Å². The number of hydrogen-bond acceptors (Lipinski definition) is 10. The van der Waals surface area contributed by atoms with Crippen molar-refractivity contribution in [1.82, 2.24) is 0 Å². The van der Waals surface area contributed by atoms with Gasteiger partial charge in [0.2, 0.25) is 0 Å². The molecule has 10 heteroatoms. The van der Waals surface area contributed by atoms with Crippen molar-refractivity contribution in [3.05, 3.63) is 122 Å². The van der Waals surface area contributed by atoms with Crippen LogP contribution in [0.2, 0.25) is 0 Å². The summed E-state index contributed by atoms with van der Waals surface area (Å²) in [6.07, 6.45) is 13.1. The van der Waals surface area contributed by atoms with E-state index in [0.29, 0.717) is 63.2 Å². The average molecular weight is 805 g/mol. The molecule has 1 aliphatic carbocycles. The zero-order valence-corrected chi connectivity index (χ0v) is 33.9. The van der Waals surface area contributed by atoms with E-state index >= 15 is 0 Å². The van der Waals surface area contributed by atoms with Crippen LogP contribution in [0.5, 0.6) is 11.5 Å². The van der Waals surface area contributed by atoms with Crippen molar-refractivity contribution in [2.75, 3.05) is 26.4 Å². The second-order valence-corrected chi connectivity index (χ2v) is 14.8. The van der Waals surface area contributed by atoms with Crippen LogP contribution in [-0.2, 0) is 28.5 Å². The van der Waals surface area contributed by atoms with E-state index in [2.05, 4.69) is 19.7 Å². The molecule has 0 aliphatic heterocycles. The van der Waals surface area contributed by atoms with Crippen LogP contribution in [0.25, 0.3) is 21.5 Å². The zero-order chi connectivity index (χ0) is 41.8. The minimum absolute atomic E-state index is 0.0324. The summed E-state index contributed by atoms with van der Waals surface area (Å²) in [5.41, 5.74) is 0.953. The molecule has 312 valence electrons. The van der Waals surface area contributed by atoms with Crippen molar-refractivity contribution in [3.63, 3.8) is 0 Å². The number of ether oxygens (including phenoxy) is 6. The van der Waals surface area contributed by atoms with Gasteiger partial charge in [0, 0.05) is 18.1 Å². The topological polar surface area (TPSA) is 124 Å². The number of unbranched alkanes of at least 4 members (excludes halogenated alkanes) is 6. The summed E-state index contributed by atoms with van der Waals surface area (Å²) in [5, 5.41) is 3.74. The molecule has 4 aromatic carbocycles. The molecule has 0 amide bonds. The summed E-state index contributed by atoms with van der Waals surface area (Å²) < 4.78 is 34.0. The number of benzene rings is 4. The molecule has 1 aliphatic rings. The predicted octanol–water partition coefficient (Wildman–Crippen LogP) is 10.5. The van der Waals surface area contributed by atoms with Gasteiger partial charge in [0.25, 0.3) is 0 Å². The highest BCUT2D eigenvalue weighted by Gasteiger charge is 2.34. The SMILES string of the molecule is C=CC[C@H]1C[C@@H](OC(=O)c2ccc3cc(OCCCCCCOC(=O)C=C)ccc3c2)CC[C@@H]1OC(=O)c1ccc2cc(OCCCCCCOC(=O)C=C)ccc2c1. The molecule has 3 atom stereocenters. The third kappa shape index (κ3) is 14.2. The average Bonchev–Trinajstić information content (AvgIpc) is 3.25. The molecule has 1 fully saturated rings. The summed E-state index contributed by atoms with van der Waals surface area (Å²) in [6, 6.07) is 22.7. The number of hydrogen-bond donors (Lipinski definition) is 0. The van der Waals surface area contributed by atoms with E-state index in [1.807, 2.05) is 66.7 Å². The van der Waals surface area contributed by atoms with Gasteiger partial charge in [-0.25, -0.2) is 19.2 Å². The maximum Gasteiger partial charge on any atom is 0.338 e. The predicted molar refractivity (Wildman–Crippen MR) is 229 cm³/mol. The highest BCUT2D eigenvalue weighted by molar-refractivity contribution is 5.97. The van der Waals surface area contributed by atoms with Crippen molar-refractivity contribution < 1.29 is 47.6 Å². The molecular formula is C49H56O10. The molecular weight excluding hydrogens is 749 g/mol. The van der Waals surface area contributed by atoms with Crippen LogP contribution in [0.4, 0.5) is 0 Å². The Bertz CT molecular complexity index is 2070. The van der Waals surface area contributed by atoms with Crippen LogP contribution in [-0.4, -0.2) is 62.5 Å². The Balaban J connectivity index is 1.05. The third-order valence-electron chi connectivity index (χ3n) is 10.4. The molecule has 0 heterocycles. The standard InChI is InChI=1S/C49H56O10/c1-4-15-39-34-44(58-48(52)40-18-16-37-32-42(22-20-35(37)30-40)54-26-11-7-9-13-28-56-46(50)5-2)24-25-45(39)59-49(53)41-19-17-38-33-43(23-21-36(38)31-41)55-27-12-8-10-14-29-57-47(51)6-3/h4-6,16-23,30-33,39,44-45H,1-3,7-15,24-29,34H2/t39-,44-,45-/m0/s1. The highest BCUT2D eigenvalue weighted by Crippen LogP contribution is 2.33. The molecule has 10 nitrogen and oxygen atoms in total. The zero-order valence-electron chi connectivity index (χ0n) is 33.9. The Morgan fingerprint density at radius 3 is 1.49 bits per heavy atom. The second-order valence-electron chi connectivity index (χ2n) is 14.8. The van der Waals surface area contributed by atoms with Gasteiger partial charge >= 0.3 is 23.9 Å². The highest BCUT2D eigenvalue weighted by atomic mass is 16.6. The van der Waals surface area contributed by atoms with Crippen molar-refractivity contribution in [3.8, 4) is 11.5 Å². The first-order valence-corrected chi connectivity index (χ1v) is 20.7. The summed E-state index contributed by atoms with van der Waals surface area (Å²) in [7, 11) is 0. The quantitative estimate of drug-likeness (QED) is 0.0222. The van der Waals surface area contributed by atoms with E-state index < -0.39 is 11.9 Å². The Morgan fingerprint density at radius 1 is 0.542 bits per heavy atom. The maximum atomic E-state index is 13.4. The van der Waals surface area contributed by atoms with Gasteiger partial charge in [-0.15, -0.1) is 6.58 Å². The summed E-state index contributed by atoms with van der Waals surface area (Å²) in [5.74, 6) is -0.0513. The molecule has 0 spiro atoms. The largest absolute Gasteiger partial charge is 0.494 e. The molecule has 0 radical (unpaired) electrons. The summed E-state index contributed by atoms with van der Waals surface area (Å²) in [4.78, 5) is 48.9. The molecule has 4 aromatic rings. The van der Waals surface area contributed by atoms with Gasteiger partial charge in [0.05, 0.1) is 37.6 Å². The summed E-state index contributed by atoms with van der Waals surface area (Å²) >= 11 is 0. The molecule has 1 saturated carbocycles. The maximum absolute atomic E-state index is 13.4. The van der Waals surface area contributed by atoms with E-state index in [1.165, 1.54) is 12.2 Å². The van der Waals surface area contributed by atoms with Gasteiger partial charge in [-0.3, -0.25) is 0 Å². The smallest absolute Gasteiger partial charge is 0.338 e. The number of carbonyl (C=O) groups is 4. The fraction of sp³-hybridized carbons (Fsp3) is 0.388. The van der Waals surface area contributed by atoms with E-state index in [1.54, 1.807) is 12.1 Å². The monoisotopic (exact) mass is 804 g/mol. The fourth-order valence-electron chi connectivity index (χ4n) is 7.18. The lowest BCUT2D eigenvalue weighted by Gasteiger charge is -2.35. The number of rotatable bonds is 24. The van der Waals surface area contributed by atoms with Crippen LogP contribution in [0.15, 0.2) is 111 Å². The van der Waals surface area contributed by atoms with Gasteiger partial charge in [0.15, 0.2) is 0 Å². The van der Waals surface area contributed by atoms with Crippen LogP contribution >= 0.6 is 0 Å². The number of allylic oxidation sites excluding steroid dienone is 1. The first kappa shape index (κ1) is 44.2. The van der Waals surface area contributed by atoms with E-state index in [4.69, 9.17) is 28.4 Å². The second kappa shape index (κ2) is 23.5. The minimum Gasteiger partial charge on any atom is -0.494 e. The normalized spacial score (nSPS) is 16.1. The van der Waals surface area contributed by atoms with Crippen LogP contribution in [0.3, 0.4) is 0 Å². The fourth-order valence-corrected chi connectivity index (χ4v) is 7.18. The van der Waals surface area contributed by atoms with Crippen molar-refractivity contribution in [2.45, 2.75) is 89.3 Å². The number of esters is 4. The third-order valence-corrected chi connectivity index (χ3v) is 10.4. The lowest BCUT2D eigenvalue weighted by atomic mass is 9.82. The molecule has 0 N–H and O–H groups in total. The molecule has 0 bridgehead atoms. The van der Waals surface area contributed by atoms with E-state index in [-0.39, 0.29) is 30.1 Å². The van der Waals surface area contributed by atoms with Crippen LogP contribution in [0.1, 0.15) is 97.8 Å². The molecule has 0 unspecified atom stereocenters. The first-order chi connectivity index (χ1) is 28.8. The Morgan fingerprint density at radius 2 is 1.00 bits per heavy atom. The van der Waals surface area contributed by atoms with E-state index in [9.17, 15) is 19.2 Å². The van der Waals surface area contributed by atoms with Crippen LogP contribution in [0, 0.1) is 5.92 Å². The lowest BCUT2D eigenvalue weighted by molar-refractivity contribution is -0.138. The van der Waals surface area contributed by atoms with Crippen molar-refractivity contribution in [1.29, 1.82) is 0 Å². The van der Waals surface area contributed by atoms with Gasteiger partial charge in [-0.2, -0.15) is 0 Å². The van der Waals surface area contributed by atoms with Crippen molar-refractivity contribution >= 4 is 45.4 Å². The van der Waals surface area contributed by atoms with Gasteiger partial charge < -0.3 is 28.4 Å². The molecule has 59 heavy (non-hydrogen) atoms. The van der Waals surface area contributed by atoms with E-state index in [0.717, 1.165) is 84.4 Å².